The predicted molar refractivity (Wildman–Crippen MR) is 141 cm³/mol. The summed E-state index contributed by atoms with van der Waals surface area (Å²) in [4.78, 5) is 19.4. The van der Waals surface area contributed by atoms with Crippen molar-refractivity contribution < 1.29 is 14.3 Å². The van der Waals surface area contributed by atoms with E-state index < -0.39 is 0 Å². The van der Waals surface area contributed by atoms with E-state index in [0.717, 1.165) is 25.2 Å². The number of esters is 1. The highest BCUT2D eigenvalue weighted by Gasteiger charge is 2.38. The van der Waals surface area contributed by atoms with Gasteiger partial charge in [-0.25, -0.2) is 9.79 Å². The molecule has 0 unspecified atom stereocenters. The summed E-state index contributed by atoms with van der Waals surface area (Å²) in [5.41, 5.74) is 2.85. The molecule has 0 aliphatic carbocycles. The van der Waals surface area contributed by atoms with Gasteiger partial charge in [-0.05, 0) is 80.9 Å². The lowest BCUT2D eigenvalue weighted by Gasteiger charge is -2.33. The number of thioether (sulfide) groups is 1. The number of fused-ring (bicyclic) bond motifs is 1. The van der Waals surface area contributed by atoms with Gasteiger partial charge < -0.3 is 14.4 Å². The first-order valence-corrected chi connectivity index (χ1v) is 13.2. The van der Waals surface area contributed by atoms with Crippen molar-refractivity contribution in [3.63, 3.8) is 0 Å². The molecule has 1 atom stereocenters. The Morgan fingerprint density at radius 3 is 2.61 bits per heavy atom. The second kappa shape index (κ2) is 10.4. The van der Waals surface area contributed by atoms with Crippen LogP contribution in [0.3, 0.4) is 0 Å². The highest BCUT2D eigenvalue weighted by atomic mass is 79.9. The number of nitrogens with zero attached hydrogens (tertiary/aromatic N) is 2. The Hall–Kier alpha value is -1.45. The third-order valence-electron chi connectivity index (χ3n) is 5.04. The lowest BCUT2D eigenvalue weighted by Crippen LogP contribution is -2.34. The smallest absolute Gasteiger partial charge is 0.338 e. The molecule has 2 heterocycles. The van der Waals surface area contributed by atoms with Gasteiger partial charge in [0, 0.05) is 21.8 Å². The summed E-state index contributed by atoms with van der Waals surface area (Å²) < 4.78 is 12.9. The Kier molecular flexibility index (Phi) is 7.80. The molecule has 0 radical (unpaired) electrons. The van der Waals surface area contributed by atoms with E-state index >= 15 is 0 Å². The number of aliphatic imine (C=N–C) groups is 1. The van der Waals surface area contributed by atoms with E-state index in [4.69, 9.17) is 32.7 Å². The van der Waals surface area contributed by atoms with Crippen molar-refractivity contribution in [2.24, 2.45) is 4.99 Å². The molecule has 33 heavy (non-hydrogen) atoms. The van der Waals surface area contributed by atoms with E-state index in [1.165, 1.54) is 11.8 Å². The zero-order valence-corrected chi connectivity index (χ0v) is 23.1. The number of carbonyl (C=O) groups excluding carboxylic acids is 1. The molecule has 0 amide bonds. The average Bonchev–Trinajstić information content (AvgIpc) is 3.21. The maximum absolute atomic E-state index is 12.9. The van der Waals surface area contributed by atoms with Crippen LogP contribution in [0.15, 0.2) is 67.1 Å². The lowest BCUT2D eigenvalue weighted by molar-refractivity contribution is -0.139. The molecule has 0 spiro atoms. The van der Waals surface area contributed by atoms with Gasteiger partial charge in [0.05, 0.1) is 32.9 Å². The maximum atomic E-state index is 12.9. The van der Waals surface area contributed by atoms with E-state index in [1.54, 1.807) is 19.1 Å². The fourth-order valence-electron chi connectivity index (χ4n) is 3.56. The van der Waals surface area contributed by atoms with E-state index in [9.17, 15) is 4.79 Å². The van der Waals surface area contributed by atoms with Gasteiger partial charge in [-0.1, -0.05) is 41.0 Å². The second-order valence-corrected chi connectivity index (χ2v) is 10.6. The van der Waals surface area contributed by atoms with Gasteiger partial charge in [-0.2, -0.15) is 0 Å². The quantitative estimate of drug-likeness (QED) is 0.304. The minimum absolute atomic E-state index is 0.269. The Morgan fingerprint density at radius 2 is 1.94 bits per heavy atom. The third kappa shape index (κ3) is 5.15. The number of amidine groups is 1. The van der Waals surface area contributed by atoms with Crippen molar-refractivity contribution >= 4 is 78.0 Å². The summed E-state index contributed by atoms with van der Waals surface area (Å²) in [6.07, 6.45) is 1.93. The van der Waals surface area contributed by atoms with Crippen molar-refractivity contribution in [3.05, 3.63) is 83.3 Å². The third-order valence-corrected chi connectivity index (χ3v) is 7.58. The molecule has 0 fully saturated rings. The van der Waals surface area contributed by atoms with Gasteiger partial charge in [0.25, 0.3) is 0 Å². The Bertz CT molecular complexity index is 1190. The molecular weight excluding hydrogens is 615 g/mol. The first kappa shape index (κ1) is 24.7. The summed E-state index contributed by atoms with van der Waals surface area (Å²) in [5.74, 6) is 0.247. The summed E-state index contributed by atoms with van der Waals surface area (Å²) in [5, 5.41) is 3.87. The van der Waals surface area contributed by atoms with E-state index in [0.29, 0.717) is 27.1 Å². The molecule has 0 saturated heterocycles. The van der Waals surface area contributed by atoms with Crippen LogP contribution in [0.5, 0.6) is 5.75 Å². The summed E-state index contributed by atoms with van der Waals surface area (Å²) in [6, 6.07) is 8.80. The minimum atomic E-state index is -0.379. The standard InChI is InChI=1S/C23H18Br2Cl2N2O3S/c1-3-31-22(30)19-12(2)28-23-29(6-7-33-23)20(19)14-8-16(24)21(17(25)9-14)32-11-13-4-5-15(26)10-18(13)27/h4-10,20H,3,11H2,1-2H3/t20-/m1/s1. The zero-order chi connectivity index (χ0) is 23.7. The van der Waals surface area contributed by atoms with Crippen LogP contribution >= 0.6 is 66.8 Å². The fraction of sp³-hybridized carbons (Fsp3) is 0.217. The van der Waals surface area contributed by atoms with Gasteiger partial charge in [-0.3, -0.25) is 0 Å². The monoisotopic (exact) mass is 630 g/mol. The molecule has 0 N–H and O–H groups in total. The van der Waals surface area contributed by atoms with Crippen molar-refractivity contribution in [3.8, 4) is 5.75 Å². The number of carbonyl (C=O) groups is 1. The Morgan fingerprint density at radius 1 is 1.21 bits per heavy atom. The molecule has 5 nitrogen and oxygen atoms in total. The molecule has 172 valence electrons. The summed E-state index contributed by atoms with van der Waals surface area (Å²) in [6.45, 7) is 4.18. The fourth-order valence-corrected chi connectivity index (χ4v) is 6.27. The first-order chi connectivity index (χ1) is 15.8. The van der Waals surface area contributed by atoms with Crippen LogP contribution < -0.4 is 4.74 Å². The average molecular weight is 633 g/mol. The van der Waals surface area contributed by atoms with Crippen LogP contribution in [0.4, 0.5) is 0 Å². The number of allylic oxidation sites excluding steroid dienone is 1. The van der Waals surface area contributed by atoms with E-state index in [1.807, 2.05) is 41.6 Å². The molecule has 2 aliphatic rings. The second-order valence-electron chi connectivity index (χ2n) is 7.16. The number of ether oxygens (including phenoxy) is 2. The van der Waals surface area contributed by atoms with Crippen LogP contribution in [-0.2, 0) is 16.1 Å². The number of rotatable bonds is 6. The molecule has 0 aromatic heterocycles. The molecule has 2 aromatic rings. The van der Waals surface area contributed by atoms with Crippen LogP contribution in [0.2, 0.25) is 10.0 Å². The van der Waals surface area contributed by atoms with Crippen molar-refractivity contribution in [1.29, 1.82) is 0 Å². The van der Waals surface area contributed by atoms with E-state index in [-0.39, 0.29) is 25.2 Å². The Labute approximate surface area is 223 Å². The zero-order valence-electron chi connectivity index (χ0n) is 17.6. The van der Waals surface area contributed by atoms with E-state index in [2.05, 4.69) is 36.9 Å². The van der Waals surface area contributed by atoms with Crippen molar-refractivity contribution in [2.45, 2.75) is 26.5 Å². The van der Waals surface area contributed by atoms with Gasteiger partial charge in [0.15, 0.2) is 5.17 Å². The van der Waals surface area contributed by atoms with Gasteiger partial charge in [0.1, 0.15) is 12.4 Å². The predicted octanol–water partition coefficient (Wildman–Crippen LogP) is 7.87. The van der Waals surface area contributed by atoms with Crippen LogP contribution in [0, 0.1) is 0 Å². The van der Waals surface area contributed by atoms with Gasteiger partial charge >= 0.3 is 5.97 Å². The lowest BCUT2D eigenvalue weighted by atomic mass is 9.95. The molecule has 10 heteroatoms. The number of benzene rings is 2. The van der Waals surface area contributed by atoms with Crippen molar-refractivity contribution in [2.75, 3.05) is 6.61 Å². The minimum Gasteiger partial charge on any atom is -0.486 e. The van der Waals surface area contributed by atoms with Gasteiger partial charge in [0.2, 0.25) is 0 Å². The first-order valence-electron chi connectivity index (χ1n) is 9.94. The normalized spacial score (nSPS) is 17.2. The topological polar surface area (TPSA) is 51.1 Å². The summed E-state index contributed by atoms with van der Waals surface area (Å²) >= 11 is 21.0. The van der Waals surface area contributed by atoms with Gasteiger partial charge in [-0.15, -0.1) is 0 Å². The highest BCUT2D eigenvalue weighted by Crippen LogP contribution is 2.45. The van der Waals surface area contributed by atoms with Crippen LogP contribution in [-0.4, -0.2) is 22.6 Å². The highest BCUT2D eigenvalue weighted by molar-refractivity contribution is 9.11. The number of halogens is 4. The summed E-state index contributed by atoms with van der Waals surface area (Å²) in [7, 11) is 0. The SMILES string of the molecule is CCOC(=O)C1=C(C)N=C2SC=CN2[C@@H]1c1cc(Br)c(OCc2ccc(Cl)cc2Cl)c(Br)c1. The Balaban J connectivity index is 1.67. The molecule has 0 bridgehead atoms. The number of hydrogen-bond acceptors (Lipinski definition) is 6. The molecule has 2 aromatic carbocycles. The van der Waals surface area contributed by atoms with Crippen LogP contribution in [0.25, 0.3) is 0 Å². The number of hydrogen-bond donors (Lipinski definition) is 0. The largest absolute Gasteiger partial charge is 0.486 e. The molecule has 4 rings (SSSR count). The van der Waals surface area contributed by atoms with Crippen molar-refractivity contribution in [1.82, 2.24) is 4.90 Å². The molecule has 0 saturated carbocycles. The molecular formula is C23H18Br2Cl2N2O3S. The maximum Gasteiger partial charge on any atom is 0.338 e. The molecule has 2 aliphatic heterocycles. The van der Waals surface area contributed by atoms with Crippen LogP contribution in [0.1, 0.15) is 31.0 Å².